The summed E-state index contributed by atoms with van der Waals surface area (Å²) in [5.74, 6) is 0.769. The van der Waals surface area contributed by atoms with Gasteiger partial charge in [-0.05, 0) is 32.2 Å². The molecule has 1 amide bonds. The Morgan fingerprint density at radius 1 is 1.38 bits per heavy atom. The number of anilines is 1. The van der Waals surface area contributed by atoms with Crippen LogP contribution in [0.25, 0.3) is 10.8 Å². The number of thiophene rings is 1. The van der Waals surface area contributed by atoms with Crippen LogP contribution in [0.4, 0.5) is 5.82 Å². The minimum Gasteiger partial charge on any atom is -0.452 e. The smallest absolute Gasteiger partial charge is 0.312 e. The van der Waals surface area contributed by atoms with E-state index in [9.17, 15) is 9.59 Å². The monoisotopic (exact) mass is 375 g/mol. The zero-order valence-corrected chi connectivity index (χ0v) is 15.3. The van der Waals surface area contributed by atoms with Crippen LogP contribution in [0.15, 0.2) is 32.5 Å². The second-order valence-electron chi connectivity index (χ2n) is 5.62. The van der Waals surface area contributed by atoms with Gasteiger partial charge in [-0.2, -0.15) is 0 Å². The molecule has 1 atom stereocenters. The summed E-state index contributed by atoms with van der Waals surface area (Å²) < 4.78 is 15.6. The summed E-state index contributed by atoms with van der Waals surface area (Å²) in [5, 5.41) is 8.08. The molecule has 0 radical (unpaired) electrons. The van der Waals surface area contributed by atoms with Gasteiger partial charge >= 0.3 is 5.97 Å². The lowest BCUT2D eigenvalue weighted by atomic mass is 10.2. The van der Waals surface area contributed by atoms with Crippen LogP contribution in [0.2, 0.25) is 0 Å². The van der Waals surface area contributed by atoms with Crippen LogP contribution in [0.3, 0.4) is 0 Å². The molecule has 8 nitrogen and oxygen atoms in total. The number of hydrogen-bond acceptors (Lipinski definition) is 8. The maximum Gasteiger partial charge on any atom is 0.312 e. The molecule has 0 saturated heterocycles. The fourth-order valence-electron chi connectivity index (χ4n) is 2.18. The van der Waals surface area contributed by atoms with Gasteiger partial charge in [-0.3, -0.25) is 9.59 Å². The zero-order valence-electron chi connectivity index (χ0n) is 14.4. The molecule has 3 aromatic rings. The molecule has 0 saturated carbocycles. The van der Waals surface area contributed by atoms with E-state index in [0.717, 1.165) is 4.88 Å². The summed E-state index contributed by atoms with van der Waals surface area (Å²) >= 11 is 1.50. The fraction of sp³-hybridized carbons (Fsp3) is 0.294. The van der Waals surface area contributed by atoms with Crippen molar-refractivity contribution in [1.29, 1.82) is 0 Å². The number of carbonyl (C=O) groups is 2. The van der Waals surface area contributed by atoms with Crippen molar-refractivity contribution in [3.63, 3.8) is 0 Å². The van der Waals surface area contributed by atoms with Gasteiger partial charge in [0, 0.05) is 6.07 Å². The molecule has 9 heteroatoms. The van der Waals surface area contributed by atoms with Crippen LogP contribution in [0.5, 0.6) is 0 Å². The Morgan fingerprint density at radius 3 is 2.85 bits per heavy atom. The maximum atomic E-state index is 12.1. The molecule has 0 aliphatic heterocycles. The summed E-state index contributed by atoms with van der Waals surface area (Å²) in [6, 6.07) is 5.34. The maximum absolute atomic E-state index is 12.1. The van der Waals surface area contributed by atoms with E-state index in [1.54, 1.807) is 19.9 Å². The molecular formula is C17H17N3O5S. The van der Waals surface area contributed by atoms with Crippen molar-refractivity contribution < 1.29 is 23.3 Å². The number of aryl methyl sites for hydroxylation is 2. The van der Waals surface area contributed by atoms with Gasteiger partial charge in [0.15, 0.2) is 11.9 Å². The Kier molecular flexibility index (Phi) is 5.17. The molecule has 0 spiro atoms. The molecule has 136 valence electrons. The van der Waals surface area contributed by atoms with Crippen molar-refractivity contribution in [3.05, 3.63) is 40.8 Å². The first-order valence-electron chi connectivity index (χ1n) is 7.86. The zero-order chi connectivity index (χ0) is 18.7. The highest BCUT2D eigenvalue weighted by Gasteiger charge is 2.21. The lowest BCUT2D eigenvalue weighted by molar-refractivity contribution is -0.152. The van der Waals surface area contributed by atoms with Crippen molar-refractivity contribution in [2.75, 3.05) is 5.32 Å². The van der Waals surface area contributed by atoms with E-state index in [1.165, 1.54) is 18.3 Å². The number of aromatic nitrogens is 2. The third-order valence-corrected chi connectivity index (χ3v) is 4.35. The lowest BCUT2D eigenvalue weighted by Gasteiger charge is -2.11. The molecule has 3 heterocycles. The Morgan fingerprint density at radius 2 is 2.19 bits per heavy atom. The molecule has 0 aliphatic carbocycles. The number of nitrogens with one attached hydrogen (secondary N) is 1. The normalized spacial score (nSPS) is 12.0. The molecule has 3 aromatic heterocycles. The molecule has 0 fully saturated rings. The summed E-state index contributed by atoms with van der Waals surface area (Å²) in [4.78, 5) is 29.4. The first kappa shape index (κ1) is 17.9. The minimum absolute atomic E-state index is 0.0819. The van der Waals surface area contributed by atoms with Gasteiger partial charge in [-0.1, -0.05) is 11.2 Å². The van der Waals surface area contributed by atoms with Gasteiger partial charge < -0.3 is 19.0 Å². The van der Waals surface area contributed by atoms with E-state index >= 15 is 0 Å². The van der Waals surface area contributed by atoms with Crippen molar-refractivity contribution in [3.8, 4) is 10.8 Å². The average molecular weight is 375 g/mol. The van der Waals surface area contributed by atoms with Crippen LogP contribution in [0.1, 0.15) is 24.1 Å². The van der Waals surface area contributed by atoms with Gasteiger partial charge in [0.05, 0.1) is 17.0 Å². The summed E-state index contributed by atoms with van der Waals surface area (Å²) in [6.07, 6.45) is -1.06. The molecule has 0 aliphatic rings. The predicted molar refractivity (Wildman–Crippen MR) is 93.7 cm³/mol. The molecule has 0 bridgehead atoms. The van der Waals surface area contributed by atoms with Crippen molar-refractivity contribution in [2.45, 2.75) is 33.3 Å². The highest BCUT2D eigenvalue weighted by molar-refractivity contribution is 7.13. The Bertz CT molecular complexity index is 913. The Labute approximate surface area is 153 Å². The molecular weight excluding hydrogens is 358 g/mol. The number of hydrogen-bond donors (Lipinski definition) is 1. The molecule has 0 aromatic carbocycles. The highest BCUT2D eigenvalue weighted by atomic mass is 32.1. The van der Waals surface area contributed by atoms with E-state index < -0.39 is 18.0 Å². The van der Waals surface area contributed by atoms with Gasteiger partial charge in [0.2, 0.25) is 5.89 Å². The first-order valence-corrected chi connectivity index (χ1v) is 8.74. The van der Waals surface area contributed by atoms with Gasteiger partial charge in [-0.15, -0.1) is 11.3 Å². The topological polar surface area (TPSA) is 107 Å². The minimum atomic E-state index is -0.983. The predicted octanol–water partition coefficient (Wildman–Crippen LogP) is 3.12. The summed E-state index contributed by atoms with van der Waals surface area (Å²) in [6.45, 7) is 4.92. The van der Waals surface area contributed by atoms with Gasteiger partial charge in [0.25, 0.3) is 5.91 Å². The van der Waals surface area contributed by atoms with Crippen molar-refractivity contribution in [1.82, 2.24) is 10.1 Å². The van der Waals surface area contributed by atoms with E-state index in [2.05, 4.69) is 15.5 Å². The largest absolute Gasteiger partial charge is 0.452 e. The molecule has 1 N–H and O–H groups in total. The van der Waals surface area contributed by atoms with E-state index in [4.69, 9.17) is 13.7 Å². The lowest BCUT2D eigenvalue weighted by Crippen LogP contribution is -2.30. The van der Waals surface area contributed by atoms with Crippen LogP contribution < -0.4 is 5.32 Å². The van der Waals surface area contributed by atoms with E-state index in [-0.39, 0.29) is 12.2 Å². The van der Waals surface area contributed by atoms with Crippen LogP contribution in [0, 0.1) is 13.8 Å². The third kappa shape index (κ3) is 4.17. The number of rotatable bonds is 6. The summed E-state index contributed by atoms with van der Waals surface area (Å²) in [5.41, 5.74) is 0.484. The van der Waals surface area contributed by atoms with Crippen molar-refractivity contribution in [2.24, 2.45) is 0 Å². The van der Waals surface area contributed by atoms with Crippen LogP contribution in [-0.4, -0.2) is 28.1 Å². The quantitative estimate of drug-likeness (QED) is 0.660. The second-order valence-corrected chi connectivity index (χ2v) is 6.57. The van der Waals surface area contributed by atoms with E-state index in [1.807, 2.05) is 17.5 Å². The second kappa shape index (κ2) is 7.52. The molecule has 3 rings (SSSR count). The van der Waals surface area contributed by atoms with Crippen molar-refractivity contribution >= 4 is 29.0 Å². The number of nitrogens with zero attached hydrogens (tertiary/aromatic N) is 2. The fourth-order valence-corrected chi connectivity index (χ4v) is 2.83. The number of ether oxygens (including phenoxy) is 1. The average Bonchev–Trinajstić information content (AvgIpc) is 3.30. The SMILES string of the molecule is Cc1cc(NC(=O)C(C)OC(=O)Cc2nc(-c3cccs3)oc2C)no1. The number of oxazole rings is 1. The Hall–Kier alpha value is -2.94. The summed E-state index contributed by atoms with van der Waals surface area (Å²) in [7, 11) is 0. The van der Waals surface area contributed by atoms with E-state index in [0.29, 0.717) is 23.1 Å². The van der Waals surface area contributed by atoms with Gasteiger partial charge in [-0.25, -0.2) is 4.98 Å². The number of amides is 1. The third-order valence-electron chi connectivity index (χ3n) is 3.49. The first-order chi connectivity index (χ1) is 12.4. The number of esters is 1. The van der Waals surface area contributed by atoms with Gasteiger partial charge in [0.1, 0.15) is 11.5 Å². The highest BCUT2D eigenvalue weighted by Crippen LogP contribution is 2.26. The number of carbonyl (C=O) groups excluding carboxylic acids is 2. The van der Waals surface area contributed by atoms with Crippen LogP contribution in [-0.2, 0) is 20.7 Å². The molecule has 26 heavy (non-hydrogen) atoms. The molecule has 1 unspecified atom stereocenters. The van der Waals surface area contributed by atoms with Crippen LogP contribution >= 0.6 is 11.3 Å². The standard InChI is InChI=1S/C17H17N3O5S/c1-9-7-14(20-25-9)19-16(22)11(3)23-15(21)8-12-10(2)24-17(18-12)13-5-4-6-26-13/h4-7,11H,8H2,1-3H3,(H,19,20,22). The Balaban J connectivity index is 1.57.